The summed E-state index contributed by atoms with van der Waals surface area (Å²) in [6, 6.07) is -5.41. The van der Waals surface area contributed by atoms with Crippen LogP contribution >= 0.6 is 0 Å². The van der Waals surface area contributed by atoms with E-state index in [4.69, 9.17) is 21.1 Å². The fourth-order valence-corrected chi connectivity index (χ4v) is 3.52. The van der Waals surface area contributed by atoms with Crippen LogP contribution < -0.4 is 16.4 Å². The third-order valence-electron chi connectivity index (χ3n) is 5.16. The van der Waals surface area contributed by atoms with Gasteiger partial charge in [-0.05, 0) is 12.8 Å². The van der Waals surface area contributed by atoms with Crippen LogP contribution in [0.1, 0.15) is 31.4 Å². The molecular formula is C19H26N6O9. The molecule has 8 N–H and O–H groups in total. The number of hydrogen-bond donors (Lipinski definition) is 7. The van der Waals surface area contributed by atoms with Crippen LogP contribution in [0.15, 0.2) is 12.5 Å². The van der Waals surface area contributed by atoms with E-state index in [0.717, 1.165) is 0 Å². The van der Waals surface area contributed by atoms with Crippen LogP contribution in [0.2, 0.25) is 0 Å². The predicted octanol–water partition coefficient (Wildman–Crippen LogP) is -2.73. The van der Waals surface area contributed by atoms with Crippen molar-refractivity contribution in [1.29, 1.82) is 0 Å². The first-order valence-corrected chi connectivity index (χ1v) is 10.3. The van der Waals surface area contributed by atoms with Crippen molar-refractivity contribution in [1.82, 2.24) is 25.5 Å². The lowest BCUT2D eigenvalue weighted by Crippen LogP contribution is -2.57. The Bertz CT molecular complexity index is 935. The van der Waals surface area contributed by atoms with Crippen molar-refractivity contribution in [3.8, 4) is 0 Å². The number of imidazole rings is 1. The maximum absolute atomic E-state index is 13.3. The van der Waals surface area contributed by atoms with E-state index < -0.39 is 72.6 Å². The zero-order chi connectivity index (χ0) is 25.4. The second kappa shape index (κ2) is 11.7. The normalized spacial score (nSPS) is 17.9. The summed E-state index contributed by atoms with van der Waals surface area (Å²) in [5.74, 6) is -6.66. The lowest BCUT2D eigenvalue weighted by atomic mass is 10.1. The topological polar surface area (TPSA) is 245 Å². The number of carboxylic acids is 3. The van der Waals surface area contributed by atoms with Gasteiger partial charge < -0.3 is 41.6 Å². The Morgan fingerprint density at radius 2 is 1.76 bits per heavy atom. The number of aromatic nitrogens is 2. The van der Waals surface area contributed by atoms with Crippen LogP contribution in [0.3, 0.4) is 0 Å². The van der Waals surface area contributed by atoms with E-state index in [1.807, 2.05) is 0 Å². The van der Waals surface area contributed by atoms with Gasteiger partial charge in [-0.25, -0.2) is 9.78 Å². The Hall–Kier alpha value is -4.01. The van der Waals surface area contributed by atoms with Crippen molar-refractivity contribution in [2.45, 2.75) is 56.3 Å². The molecule has 0 aliphatic carbocycles. The number of carbonyl (C=O) groups excluding carboxylic acids is 3. The van der Waals surface area contributed by atoms with Crippen molar-refractivity contribution in [2.75, 3.05) is 6.54 Å². The summed E-state index contributed by atoms with van der Waals surface area (Å²) in [4.78, 5) is 79.2. The van der Waals surface area contributed by atoms with E-state index in [0.29, 0.717) is 12.1 Å². The van der Waals surface area contributed by atoms with Gasteiger partial charge in [0.2, 0.25) is 17.7 Å². The molecule has 3 amide bonds. The number of nitrogens with one attached hydrogen (secondary N) is 3. The molecule has 1 aromatic heterocycles. The van der Waals surface area contributed by atoms with Crippen molar-refractivity contribution in [3.63, 3.8) is 0 Å². The summed E-state index contributed by atoms with van der Waals surface area (Å²) in [6.45, 7) is 0.129. The average Bonchev–Trinajstić information content (AvgIpc) is 3.43. The van der Waals surface area contributed by atoms with Gasteiger partial charge in [0.25, 0.3) is 0 Å². The Kier molecular flexibility index (Phi) is 9.06. The molecule has 4 atom stereocenters. The molecule has 0 aromatic carbocycles. The van der Waals surface area contributed by atoms with Crippen molar-refractivity contribution >= 4 is 35.6 Å². The molecule has 0 saturated carbocycles. The molecule has 0 bridgehead atoms. The molecule has 2 rings (SSSR count). The fraction of sp³-hybridized carbons (Fsp3) is 0.526. The molecule has 2 heterocycles. The minimum absolute atomic E-state index is 0.0635. The second-order valence-corrected chi connectivity index (χ2v) is 7.73. The molecule has 1 fully saturated rings. The molecule has 4 unspecified atom stereocenters. The first-order chi connectivity index (χ1) is 16.0. The molecule has 1 aliphatic rings. The molecular weight excluding hydrogens is 456 g/mol. The first kappa shape index (κ1) is 26.2. The summed E-state index contributed by atoms with van der Waals surface area (Å²) in [6.07, 6.45) is 1.81. The molecule has 15 heteroatoms. The van der Waals surface area contributed by atoms with Gasteiger partial charge in [-0.1, -0.05) is 0 Å². The molecule has 1 aromatic rings. The number of aliphatic carboxylic acids is 3. The molecule has 1 saturated heterocycles. The number of hydrogen-bond acceptors (Lipinski definition) is 8. The first-order valence-electron chi connectivity index (χ1n) is 10.3. The van der Waals surface area contributed by atoms with Crippen LogP contribution in [-0.2, 0) is 35.2 Å². The van der Waals surface area contributed by atoms with Gasteiger partial charge in [0.05, 0.1) is 25.2 Å². The monoisotopic (exact) mass is 482 g/mol. The van der Waals surface area contributed by atoms with Crippen LogP contribution in [-0.4, -0.2) is 96.5 Å². The quantitative estimate of drug-likeness (QED) is 0.161. The number of nitrogens with zero attached hydrogens (tertiary/aromatic N) is 2. The fourth-order valence-electron chi connectivity index (χ4n) is 3.52. The van der Waals surface area contributed by atoms with Gasteiger partial charge in [0.15, 0.2) is 0 Å². The summed E-state index contributed by atoms with van der Waals surface area (Å²) >= 11 is 0. The predicted molar refractivity (Wildman–Crippen MR) is 111 cm³/mol. The number of rotatable bonds is 12. The Balaban J connectivity index is 2.18. The van der Waals surface area contributed by atoms with Crippen LogP contribution in [0.4, 0.5) is 0 Å². The molecule has 0 spiro atoms. The summed E-state index contributed by atoms with van der Waals surface area (Å²) < 4.78 is 0. The SMILES string of the molecule is NC(CC(=O)O)C(=O)NC(Cc1cnc[nH]1)C(=O)N1CCCC1C(=O)NC(CC(=O)O)C(=O)O. The van der Waals surface area contributed by atoms with Gasteiger partial charge in [0.1, 0.15) is 18.1 Å². The highest BCUT2D eigenvalue weighted by molar-refractivity contribution is 5.95. The second-order valence-electron chi connectivity index (χ2n) is 7.73. The van der Waals surface area contributed by atoms with E-state index in [1.54, 1.807) is 0 Å². The number of likely N-dealkylation sites (tertiary alicyclic amines) is 1. The molecule has 0 radical (unpaired) electrons. The average molecular weight is 482 g/mol. The highest BCUT2D eigenvalue weighted by Gasteiger charge is 2.39. The number of aromatic amines is 1. The molecule has 1 aliphatic heterocycles. The molecule has 186 valence electrons. The van der Waals surface area contributed by atoms with Gasteiger partial charge in [-0.2, -0.15) is 0 Å². The Morgan fingerprint density at radius 3 is 2.32 bits per heavy atom. The maximum atomic E-state index is 13.3. The van der Waals surface area contributed by atoms with Crippen molar-refractivity contribution in [3.05, 3.63) is 18.2 Å². The summed E-state index contributed by atoms with van der Waals surface area (Å²) in [5, 5.41) is 31.4. The lowest BCUT2D eigenvalue weighted by Gasteiger charge is -2.29. The van der Waals surface area contributed by atoms with E-state index >= 15 is 0 Å². The minimum atomic E-state index is -1.68. The summed E-state index contributed by atoms with van der Waals surface area (Å²) in [5.41, 5.74) is 6.06. The van der Waals surface area contributed by atoms with Gasteiger partial charge >= 0.3 is 17.9 Å². The minimum Gasteiger partial charge on any atom is -0.481 e. The Labute approximate surface area is 192 Å². The molecule has 34 heavy (non-hydrogen) atoms. The third kappa shape index (κ3) is 7.26. The Morgan fingerprint density at radius 1 is 1.09 bits per heavy atom. The molecule has 15 nitrogen and oxygen atoms in total. The number of nitrogens with two attached hydrogens (primary N) is 1. The van der Waals surface area contributed by atoms with E-state index in [1.165, 1.54) is 17.4 Å². The van der Waals surface area contributed by atoms with Crippen LogP contribution in [0, 0.1) is 0 Å². The van der Waals surface area contributed by atoms with E-state index in [-0.39, 0.29) is 19.4 Å². The zero-order valence-electron chi connectivity index (χ0n) is 18.0. The van der Waals surface area contributed by atoms with Gasteiger partial charge in [-0.3, -0.25) is 24.0 Å². The van der Waals surface area contributed by atoms with Crippen LogP contribution in [0.5, 0.6) is 0 Å². The maximum Gasteiger partial charge on any atom is 0.326 e. The standard InChI is InChI=1S/C19H26N6O9/c20-10(5-14(26)27)16(30)23-11(4-9-7-21-8-22-9)18(32)25-3-1-2-13(25)17(31)24-12(19(33)34)6-15(28)29/h7-8,10-13H,1-6,20H2,(H,21,22)(H,23,30)(H,24,31)(H,26,27)(H,28,29)(H,33,34). The number of amides is 3. The van der Waals surface area contributed by atoms with Crippen molar-refractivity contribution < 1.29 is 44.1 Å². The van der Waals surface area contributed by atoms with Gasteiger partial charge in [-0.15, -0.1) is 0 Å². The van der Waals surface area contributed by atoms with Crippen molar-refractivity contribution in [2.24, 2.45) is 5.73 Å². The highest BCUT2D eigenvalue weighted by Crippen LogP contribution is 2.20. The number of carboxylic acid groups (broad SMARTS) is 3. The van der Waals surface area contributed by atoms with Crippen LogP contribution in [0.25, 0.3) is 0 Å². The number of H-pyrrole nitrogens is 1. The number of carbonyl (C=O) groups is 6. The highest BCUT2D eigenvalue weighted by atomic mass is 16.4. The zero-order valence-corrected chi connectivity index (χ0v) is 18.0. The smallest absolute Gasteiger partial charge is 0.326 e. The van der Waals surface area contributed by atoms with Gasteiger partial charge in [0, 0.05) is 24.9 Å². The van der Waals surface area contributed by atoms with E-state index in [9.17, 15) is 28.8 Å². The largest absolute Gasteiger partial charge is 0.481 e. The summed E-state index contributed by atoms with van der Waals surface area (Å²) in [7, 11) is 0. The third-order valence-corrected chi connectivity index (χ3v) is 5.16. The lowest BCUT2D eigenvalue weighted by molar-refractivity contribution is -0.148. The van der Waals surface area contributed by atoms with E-state index in [2.05, 4.69) is 20.6 Å².